The van der Waals surface area contributed by atoms with Gasteiger partial charge in [0.15, 0.2) is 5.82 Å². The molecule has 0 bridgehead atoms. The Labute approximate surface area is 155 Å². The molecule has 132 valence electrons. The first-order valence-corrected chi connectivity index (χ1v) is 9.48. The van der Waals surface area contributed by atoms with E-state index in [1.165, 1.54) is 6.33 Å². The third kappa shape index (κ3) is 3.28. The molecule has 1 amide bonds. The smallest absolute Gasteiger partial charge is 0.231 e. The van der Waals surface area contributed by atoms with Crippen molar-refractivity contribution in [2.75, 3.05) is 29.6 Å². The summed E-state index contributed by atoms with van der Waals surface area (Å²) in [5.41, 5.74) is 0.867. The lowest BCUT2D eigenvalue weighted by atomic mass is 9.99. The Bertz CT molecular complexity index is 908. The lowest BCUT2D eigenvalue weighted by Crippen LogP contribution is -2.52. The molecule has 8 heteroatoms. The Balaban J connectivity index is 1.39. The van der Waals surface area contributed by atoms with E-state index in [4.69, 9.17) is 0 Å². The molecule has 1 aromatic carbocycles. The molecule has 1 aliphatic rings. The van der Waals surface area contributed by atoms with Crippen molar-refractivity contribution in [1.29, 1.82) is 0 Å². The van der Waals surface area contributed by atoms with Gasteiger partial charge in [-0.05, 0) is 24.5 Å². The number of anilines is 2. The molecular formula is C18H18N6OS. The van der Waals surface area contributed by atoms with Gasteiger partial charge in [-0.2, -0.15) is 5.10 Å². The number of benzene rings is 1. The zero-order valence-corrected chi connectivity index (χ0v) is 15.1. The summed E-state index contributed by atoms with van der Waals surface area (Å²) in [5, 5.41) is 7.21. The second-order valence-electron chi connectivity index (χ2n) is 5.98. The minimum Gasteiger partial charge on any atom is -0.355 e. The van der Waals surface area contributed by atoms with Crippen molar-refractivity contribution in [1.82, 2.24) is 19.7 Å². The predicted molar refractivity (Wildman–Crippen MR) is 102 cm³/mol. The van der Waals surface area contributed by atoms with E-state index in [-0.39, 0.29) is 11.8 Å². The first kappa shape index (κ1) is 16.6. The average molecular weight is 366 g/mol. The van der Waals surface area contributed by atoms with Crippen LogP contribution in [0, 0.1) is 5.92 Å². The van der Waals surface area contributed by atoms with Crippen LogP contribution < -0.4 is 10.2 Å². The highest BCUT2D eigenvalue weighted by atomic mass is 32.2. The Kier molecular flexibility index (Phi) is 4.57. The van der Waals surface area contributed by atoms with Gasteiger partial charge in [0.05, 0.1) is 11.6 Å². The summed E-state index contributed by atoms with van der Waals surface area (Å²) in [6, 6.07) is 11.6. The van der Waals surface area contributed by atoms with Gasteiger partial charge in [-0.15, -0.1) is 11.8 Å². The molecule has 4 rings (SSSR count). The minimum atomic E-state index is -0.0481. The summed E-state index contributed by atoms with van der Waals surface area (Å²) in [7, 11) is 0. The number of para-hydroxylation sites is 1. The molecule has 0 atom stereocenters. The molecule has 7 nitrogen and oxygen atoms in total. The van der Waals surface area contributed by atoms with Crippen LogP contribution in [0.3, 0.4) is 0 Å². The largest absolute Gasteiger partial charge is 0.355 e. The van der Waals surface area contributed by atoms with Gasteiger partial charge in [0.25, 0.3) is 0 Å². The summed E-state index contributed by atoms with van der Waals surface area (Å²) in [5.74, 6) is 1.51. The lowest BCUT2D eigenvalue weighted by molar-refractivity contribution is -0.120. The van der Waals surface area contributed by atoms with E-state index in [0.717, 1.165) is 16.4 Å². The number of thioether (sulfide) groups is 1. The number of hydrogen-bond donors (Lipinski definition) is 1. The number of carbonyl (C=O) groups excluding carboxylic acids is 1. The molecule has 2 aromatic heterocycles. The van der Waals surface area contributed by atoms with Gasteiger partial charge in [0.2, 0.25) is 5.91 Å². The van der Waals surface area contributed by atoms with Gasteiger partial charge >= 0.3 is 0 Å². The molecule has 1 N–H and O–H groups in total. The normalized spacial score (nSPS) is 14.1. The predicted octanol–water partition coefficient (Wildman–Crippen LogP) is 2.46. The zero-order valence-electron chi connectivity index (χ0n) is 14.2. The minimum absolute atomic E-state index is 0.0455. The van der Waals surface area contributed by atoms with Gasteiger partial charge < -0.3 is 10.2 Å². The van der Waals surface area contributed by atoms with Crippen molar-refractivity contribution in [3.63, 3.8) is 0 Å². The molecule has 3 heterocycles. The molecule has 0 unspecified atom stereocenters. The SMILES string of the molecule is CSc1ccccc1NC(=O)C1CN(c2cc(-n3cccn3)ncn2)C1. The summed E-state index contributed by atoms with van der Waals surface area (Å²) in [4.78, 5) is 24.2. The molecule has 0 aliphatic carbocycles. The number of amides is 1. The van der Waals surface area contributed by atoms with Crippen LogP contribution in [0.5, 0.6) is 0 Å². The van der Waals surface area contributed by atoms with Gasteiger partial charge in [0, 0.05) is 36.4 Å². The number of carbonyl (C=O) groups is 1. The van der Waals surface area contributed by atoms with Crippen molar-refractivity contribution >= 4 is 29.2 Å². The Morgan fingerprint density at radius 2 is 2.00 bits per heavy atom. The van der Waals surface area contributed by atoms with Crippen LogP contribution in [-0.2, 0) is 4.79 Å². The van der Waals surface area contributed by atoms with E-state index < -0.39 is 0 Å². The Hall–Kier alpha value is -2.87. The van der Waals surface area contributed by atoms with Crippen LogP contribution in [0.1, 0.15) is 0 Å². The maximum Gasteiger partial charge on any atom is 0.231 e. The third-order valence-electron chi connectivity index (χ3n) is 4.32. The standard InChI is InChI=1S/C18H18N6OS/c1-26-15-6-3-2-5-14(15)22-18(25)13-10-23(11-13)16-9-17(20-12-19-16)24-8-4-7-21-24/h2-9,12-13H,10-11H2,1H3,(H,22,25). The van der Waals surface area contributed by atoms with E-state index in [9.17, 15) is 4.79 Å². The van der Waals surface area contributed by atoms with E-state index >= 15 is 0 Å². The summed E-state index contributed by atoms with van der Waals surface area (Å²) in [6.07, 6.45) is 7.07. The highest BCUT2D eigenvalue weighted by Gasteiger charge is 2.34. The van der Waals surface area contributed by atoms with Gasteiger partial charge in [-0.3, -0.25) is 4.79 Å². The van der Waals surface area contributed by atoms with Gasteiger partial charge in [-0.1, -0.05) is 12.1 Å². The van der Waals surface area contributed by atoms with Gasteiger partial charge in [0.1, 0.15) is 12.1 Å². The fourth-order valence-corrected chi connectivity index (χ4v) is 3.41. The Morgan fingerprint density at radius 1 is 1.19 bits per heavy atom. The number of nitrogens with one attached hydrogen (secondary N) is 1. The molecule has 26 heavy (non-hydrogen) atoms. The number of hydrogen-bond acceptors (Lipinski definition) is 6. The van der Waals surface area contributed by atoms with E-state index in [2.05, 4.69) is 25.3 Å². The quantitative estimate of drug-likeness (QED) is 0.699. The van der Waals surface area contributed by atoms with Crippen molar-refractivity contribution in [2.45, 2.75) is 4.90 Å². The molecular weight excluding hydrogens is 348 g/mol. The molecule has 1 saturated heterocycles. The van der Waals surface area contributed by atoms with Crippen LogP contribution in [-0.4, -0.2) is 45.0 Å². The molecule has 3 aromatic rings. The average Bonchev–Trinajstić information content (AvgIpc) is 3.16. The number of aromatic nitrogens is 4. The van der Waals surface area contributed by atoms with E-state index in [1.807, 2.05) is 48.9 Å². The second-order valence-corrected chi connectivity index (χ2v) is 6.82. The van der Waals surface area contributed by atoms with Crippen molar-refractivity contribution < 1.29 is 4.79 Å². The van der Waals surface area contributed by atoms with Crippen LogP contribution >= 0.6 is 11.8 Å². The maximum absolute atomic E-state index is 12.5. The maximum atomic E-state index is 12.5. The van der Waals surface area contributed by atoms with Crippen molar-refractivity contribution in [3.05, 3.63) is 55.1 Å². The van der Waals surface area contributed by atoms with Crippen LogP contribution in [0.15, 0.2) is 60.0 Å². The molecule has 0 radical (unpaired) electrons. The van der Waals surface area contributed by atoms with Crippen molar-refractivity contribution in [2.24, 2.45) is 5.92 Å². The first-order valence-electron chi connectivity index (χ1n) is 8.25. The fraction of sp³-hybridized carbons (Fsp3) is 0.222. The molecule has 1 aliphatic heterocycles. The topological polar surface area (TPSA) is 75.9 Å². The molecule has 0 spiro atoms. The zero-order chi connectivity index (χ0) is 17.9. The number of nitrogens with zero attached hydrogens (tertiary/aromatic N) is 5. The summed E-state index contributed by atoms with van der Waals surface area (Å²) in [6.45, 7) is 1.28. The molecule has 1 fully saturated rings. The lowest BCUT2D eigenvalue weighted by Gasteiger charge is -2.39. The van der Waals surface area contributed by atoms with Crippen LogP contribution in [0.2, 0.25) is 0 Å². The first-order chi connectivity index (χ1) is 12.7. The van der Waals surface area contributed by atoms with Gasteiger partial charge in [-0.25, -0.2) is 14.6 Å². The third-order valence-corrected chi connectivity index (χ3v) is 5.11. The van der Waals surface area contributed by atoms with E-state index in [0.29, 0.717) is 18.9 Å². The summed E-state index contributed by atoms with van der Waals surface area (Å²) < 4.78 is 1.69. The van der Waals surface area contributed by atoms with Crippen LogP contribution in [0.4, 0.5) is 11.5 Å². The Morgan fingerprint density at radius 3 is 2.77 bits per heavy atom. The fourth-order valence-electron chi connectivity index (χ4n) is 2.85. The second kappa shape index (κ2) is 7.17. The van der Waals surface area contributed by atoms with E-state index in [1.54, 1.807) is 22.6 Å². The number of rotatable bonds is 5. The molecule has 0 saturated carbocycles. The van der Waals surface area contributed by atoms with Crippen LogP contribution in [0.25, 0.3) is 5.82 Å². The highest BCUT2D eigenvalue weighted by molar-refractivity contribution is 7.98. The monoisotopic (exact) mass is 366 g/mol. The summed E-state index contributed by atoms with van der Waals surface area (Å²) >= 11 is 1.62. The highest BCUT2D eigenvalue weighted by Crippen LogP contribution is 2.28. The van der Waals surface area contributed by atoms with Crippen molar-refractivity contribution in [3.8, 4) is 5.82 Å².